The predicted molar refractivity (Wildman–Crippen MR) is 141 cm³/mol. The maximum atomic E-state index is 13.6. The standard InChI is InChI=1S/C25H32BN5O10/c1-2-30-10-11-31(23(36)22(30)35)25(39)28-19(14-6-8-29(9-7-14)13-18(32)33)21(34)27-17-12-15-4-3-5-16(24(37)38)20(15)41-26(17)40/h3-5,14,17,19,40H,2,6-13H2,1H3,(H,27,34)(H,28,39)(H,32,33)(H,37,38)/t17-,19?/m0/s1. The third-order valence-electron chi connectivity index (χ3n) is 7.64. The van der Waals surface area contributed by atoms with Gasteiger partial charge in [0.05, 0.1) is 18.0 Å². The predicted octanol–water partition coefficient (Wildman–Crippen LogP) is -1.61. The molecule has 0 radical (unpaired) electrons. The lowest BCUT2D eigenvalue weighted by molar-refractivity contribution is -0.153. The number of hydrogen-bond donors (Lipinski definition) is 5. The van der Waals surface area contributed by atoms with E-state index in [1.54, 1.807) is 17.9 Å². The third-order valence-corrected chi connectivity index (χ3v) is 7.64. The molecule has 1 aromatic rings. The maximum absolute atomic E-state index is 13.6. The molecule has 2 atom stereocenters. The number of carboxylic acids is 2. The Morgan fingerprint density at radius 1 is 1.07 bits per heavy atom. The van der Waals surface area contributed by atoms with Gasteiger partial charge < -0.3 is 35.4 Å². The van der Waals surface area contributed by atoms with Crippen molar-refractivity contribution in [3.05, 3.63) is 29.3 Å². The number of nitrogens with zero attached hydrogens (tertiary/aromatic N) is 3. The van der Waals surface area contributed by atoms with Gasteiger partial charge in [-0.25, -0.2) is 9.59 Å². The topological polar surface area (TPSA) is 206 Å². The average molecular weight is 573 g/mol. The lowest BCUT2D eigenvalue weighted by Gasteiger charge is -2.37. The Bertz CT molecular complexity index is 1240. The van der Waals surface area contributed by atoms with E-state index in [0.717, 1.165) is 4.90 Å². The number of amides is 5. The van der Waals surface area contributed by atoms with Crippen molar-refractivity contribution in [3.8, 4) is 5.75 Å². The first kappa shape index (κ1) is 29.8. The van der Waals surface area contributed by atoms with Gasteiger partial charge in [-0.15, -0.1) is 0 Å². The summed E-state index contributed by atoms with van der Waals surface area (Å²) in [6.07, 6.45) is 0.764. The normalized spacial score (nSPS) is 20.6. The highest BCUT2D eigenvalue weighted by atomic mass is 16.5. The monoisotopic (exact) mass is 573 g/mol. The van der Waals surface area contributed by atoms with Crippen LogP contribution in [0.4, 0.5) is 4.79 Å². The summed E-state index contributed by atoms with van der Waals surface area (Å²) in [7, 11) is -1.58. The maximum Gasteiger partial charge on any atom is 0.547 e. The Kier molecular flexibility index (Phi) is 9.13. The van der Waals surface area contributed by atoms with E-state index in [4.69, 9.17) is 9.76 Å². The molecule has 3 heterocycles. The molecule has 0 aliphatic carbocycles. The summed E-state index contributed by atoms with van der Waals surface area (Å²) in [5.41, 5.74) is 0.327. The van der Waals surface area contributed by atoms with E-state index in [-0.39, 0.29) is 37.4 Å². The lowest BCUT2D eigenvalue weighted by atomic mass is 9.72. The first-order valence-electron chi connectivity index (χ1n) is 13.4. The van der Waals surface area contributed by atoms with E-state index in [9.17, 15) is 38.9 Å². The van der Waals surface area contributed by atoms with Crippen LogP contribution in [0.5, 0.6) is 5.75 Å². The number of para-hydroxylation sites is 1. The summed E-state index contributed by atoms with van der Waals surface area (Å²) in [5, 5.41) is 34.4. The average Bonchev–Trinajstić information content (AvgIpc) is 2.93. The zero-order valence-electron chi connectivity index (χ0n) is 22.4. The van der Waals surface area contributed by atoms with E-state index >= 15 is 0 Å². The summed E-state index contributed by atoms with van der Waals surface area (Å²) >= 11 is 0. The lowest BCUT2D eigenvalue weighted by Crippen LogP contribution is -2.63. The highest BCUT2D eigenvalue weighted by Crippen LogP contribution is 2.30. The van der Waals surface area contributed by atoms with Crippen LogP contribution in [0.15, 0.2) is 18.2 Å². The van der Waals surface area contributed by atoms with Crippen LogP contribution in [0.3, 0.4) is 0 Å². The number of aromatic carboxylic acids is 1. The van der Waals surface area contributed by atoms with Gasteiger partial charge in [0.1, 0.15) is 11.8 Å². The molecule has 220 valence electrons. The highest BCUT2D eigenvalue weighted by Gasteiger charge is 2.42. The molecule has 15 nitrogen and oxygen atoms in total. The van der Waals surface area contributed by atoms with E-state index in [1.807, 2.05) is 0 Å². The zero-order valence-corrected chi connectivity index (χ0v) is 22.4. The van der Waals surface area contributed by atoms with Gasteiger partial charge in [0.2, 0.25) is 5.91 Å². The van der Waals surface area contributed by atoms with Crippen molar-refractivity contribution in [2.24, 2.45) is 5.92 Å². The summed E-state index contributed by atoms with van der Waals surface area (Å²) in [4.78, 5) is 78.1. The van der Waals surface area contributed by atoms with E-state index < -0.39 is 60.7 Å². The van der Waals surface area contributed by atoms with Crippen LogP contribution in [0, 0.1) is 5.92 Å². The van der Waals surface area contributed by atoms with Gasteiger partial charge in [0, 0.05) is 19.6 Å². The van der Waals surface area contributed by atoms with Crippen molar-refractivity contribution in [3.63, 3.8) is 0 Å². The quantitative estimate of drug-likeness (QED) is 0.177. The fraction of sp³-hybridized carbons (Fsp3) is 0.520. The molecule has 2 fully saturated rings. The minimum absolute atomic E-state index is 0.00283. The number of nitrogens with one attached hydrogen (secondary N) is 2. The minimum Gasteiger partial charge on any atom is -0.534 e. The summed E-state index contributed by atoms with van der Waals surface area (Å²) < 4.78 is 5.45. The number of hydrogen-bond acceptors (Lipinski definition) is 9. The third kappa shape index (κ3) is 6.60. The van der Waals surface area contributed by atoms with Crippen LogP contribution in [-0.4, -0.2) is 124 Å². The molecule has 0 saturated carbocycles. The van der Waals surface area contributed by atoms with Crippen molar-refractivity contribution in [2.75, 3.05) is 39.3 Å². The second-order valence-corrected chi connectivity index (χ2v) is 10.2. The number of piperidine rings is 1. The van der Waals surface area contributed by atoms with Gasteiger partial charge in [-0.3, -0.25) is 29.0 Å². The minimum atomic E-state index is -1.58. The fourth-order valence-electron chi connectivity index (χ4n) is 5.40. The number of carboxylic acid groups (broad SMARTS) is 2. The van der Waals surface area contributed by atoms with Crippen molar-refractivity contribution >= 4 is 42.8 Å². The van der Waals surface area contributed by atoms with Crippen LogP contribution in [0.25, 0.3) is 0 Å². The molecule has 5 N–H and O–H groups in total. The van der Waals surface area contributed by atoms with Crippen molar-refractivity contribution in [2.45, 2.75) is 38.2 Å². The number of rotatable bonds is 8. The van der Waals surface area contributed by atoms with Crippen LogP contribution in [0.2, 0.25) is 0 Å². The van der Waals surface area contributed by atoms with Gasteiger partial charge in [0.25, 0.3) is 0 Å². The molecule has 1 unspecified atom stereocenters. The number of piperazine rings is 1. The van der Waals surface area contributed by atoms with Gasteiger partial charge in [-0.05, 0) is 56.8 Å². The van der Waals surface area contributed by atoms with Gasteiger partial charge in [0.15, 0.2) is 0 Å². The molecular weight excluding hydrogens is 541 g/mol. The van der Waals surface area contributed by atoms with Crippen LogP contribution in [0.1, 0.15) is 35.7 Å². The van der Waals surface area contributed by atoms with E-state index in [1.165, 1.54) is 17.0 Å². The Morgan fingerprint density at radius 2 is 1.78 bits per heavy atom. The molecule has 0 bridgehead atoms. The Hall–Kier alpha value is -4.18. The number of carbonyl (C=O) groups excluding carboxylic acids is 4. The first-order valence-corrected chi connectivity index (χ1v) is 13.4. The molecule has 4 rings (SSSR count). The molecule has 16 heteroatoms. The van der Waals surface area contributed by atoms with E-state index in [2.05, 4.69) is 10.6 Å². The molecule has 0 spiro atoms. The first-order chi connectivity index (χ1) is 19.5. The summed E-state index contributed by atoms with van der Waals surface area (Å²) in [5.74, 6) is -6.15. The van der Waals surface area contributed by atoms with Gasteiger partial charge in [-0.2, -0.15) is 0 Å². The van der Waals surface area contributed by atoms with Crippen LogP contribution in [-0.2, 0) is 25.6 Å². The number of urea groups is 1. The summed E-state index contributed by atoms with van der Waals surface area (Å²) in [6, 6.07) is 2.38. The molecular formula is C25H32BN5O10. The SMILES string of the molecule is CCN1CCN(C(=O)NC(C(=O)N[C@H]2Cc3cccc(C(=O)O)c3OB2O)C2CCN(CC(=O)O)CC2)C(=O)C1=O. The molecule has 5 amide bonds. The number of carbonyl (C=O) groups is 6. The largest absolute Gasteiger partial charge is 0.547 e. The zero-order chi connectivity index (χ0) is 29.8. The van der Waals surface area contributed by atoms with Gasteiger partial charge >= 0.3 is 36.9 Å². The molecule has 3 aliphatic heterocycles. The Morgan fingerprint density at radius 3 is 2.41 bits per heavy atom. The second kappa shape index (κ2) is 12.6. The Labute approximate surface area is 235 Å². The molecule has 1 aromatic carbocycles. The molecule has 0 aromatic heterocycles. The van der Waals surface area contributed by atoms with E-state index in [0.29, 0.717) is 38.0 Å². The number of likely N-dealkylation sites (N-methyl/N-ethyl adjacent to an activating group) is 1. The van der Waals surface area contributed by atoms with Crippen molar-refractivity contribution < 1.29 is 48.7 Å². The number of likely N-dealkylation sites (tertiary alicyclic amines) is 1. The van der Waals surface area contributed by atoms with Crippen molar-refractivity contribution in [1.29, 1.82) is 0 Å². The smallest absolute Gasteiger partial charge is 0.534 e. The molecule has 3 aliphatic rings. The highest BCUT2D eigenvalue weighted by molar-refractivity contribution is 6.47. The molecule has 41 heavy (non-hydrogen) atoms. The Balaban J connectivity index is 1.50. The fourth-order valence-corrected chi connectivity index (χ4v) is 5.40. The number of benzene rings is 1. The second-order valence-electron chi connectivity index (χ2n) is 10.2. The number of imide groups is 1. The van der Waals surface area contributed by atoms with Gasteiger partial charge in [-0.1, -0.05) is 12.1 Å². The molecule has 2 saturated heterocycles. The van der Waals surface area contributed by atoms with Crippen molar-refractivity contribution in [1.82, 2.24) is 25.3 Å². The van der Waals surface area contributed by atoms with Crippen LogP contribution >= 0.6 is 0 Å². The number of fused-ring (bicyclic) bond motifs is 1. The number of aliphatic carboxylic acids is 1. The van der Waals surface area contributed by atoms with Crippen LogP contribution < -0.4 is 15.3 Å². The summed E-state index contributed by atoms with van der Waals surface area (Å²) in [6.45, 7) is 2.66.